The summed E-state index contributed by atoms with van der Waals surface area (Å²) < 4.78 is 34.3. The SMILES string of the molecule is Cc1nc2ccc(S(=O)(=O)N3CCOCC3)cc2c2c1C(=O)N(c1ncn(-c3ccccc3C(=O)O)n1)C2=O. The van der Waals surface area contributed by atoms with Crippen molar-refractivity contribution in [2.45, 2.75) is 11.8 Å². The largest absolute Gasteiger partial charge is 0.478 e. The van der Waals surface area contributed by atoms with Crippen molar-refractivity contribution in [3.05, 3.63) is 71.2 Å². The fourth-order valence-corrected chi connectivity index (χ4v) is 6.20. The van der Waals surface area contributed by atoms with E-state index in [1.165, 1.54) is 45.6 Å². The van der Waals surface area contributed by atoms with Gasteiger partial charge in [-0.15, -0.1) is 5.10 Å². The fourth-order valence-electron chi connectivity index (χ4n) is 4.77. The fraction of sp³-hybridized carbons (Fsp3) is 0.200. The van der Waals surface area contributed by atoms with Crippen LogP contribution in [0.5, 0.6) is 0 Å². The van der Waals surface area contributed by atoms with E-state index < -0.39 is 27.8 Å². The van der Waals surface area contributed by atoms with Gasteiger partial charge in [0, 0.05) is 18.5 Å². The van der Waals surface area contributed by atoms with Crippen LogP contribution < -0.4 is 4.90 Å². The van der Waals surface area contributed by atoms with Gasteiger partial charge in [-0.3, -0.25) is 14.6 Å². The molecule has 1 N–H and O–H groups in total. The topological polar surface area (TPSA) is 165 Å². The van der Waals surface area contributed by atoms with Crippen molar-refractivity contribution in [2.75, 3.05) is 31.2 Å². The third kappa shape index (κ3) is 3.88. The number of aryl methyl sites for hydroxylation is 1. The number of morpholine rings is 1. The molecule has 1 fully saturated rings. The molecular weight excluding hydrogens is 528 g/mol. The van der Waals surface area contributed by atoms with Gasteiger partial charge in [-0.1, -0.05) is 12.1 Å². The maximum absolute atomic E-state index is 13.7. The second-order valence-corrected chi connectivity index (χ2v) is 10.8. The number of aromatic nitrogens is 4. The molecule has 0 aliphatic carbocycles. The van der Waals surface area contributed by atoms with Crippen LogP contribution in [0.25, 0.3) is 16.6 Å². The summed E-state index contributed by atoms with van der Waals surface area (Å²) in [6.07, 6.45) is 1.21. The van der Waals surface area contributed by atoms with Crippen LogP contribution in [0.4, 0.5) is 5.95 Å². The minimum atomic E-state index is -3.88. The quantitative estimate of drug-likeness (QED) is 0.363. The summed E-state index contributed by atoms with van der Waals surface area (Å²) in [5.74, 6) is -2.89. The predicted molar refractivity (Wildman–Crippen MR) is 136 cm³/mol. The highest BCUT2D eigenvalue weighted by Crippen LogP contribution is 2.34. The van der Waals surface area contributed by atoms with Crippen LogP contribution in [0.1, 0.15) is 36.8 Å². The van der Waals surface area contributed by atoms with Crippen LogP contribution >= 0.6 is 0 Å². The molecule has 198 valence electrons. The number of hydrogen-bond donors (Lipinski definition) is 1. The Hall–Kier alpha value is -4.53. The van der Waals surface area contributed by atoms with Crippen molar-refractivity contribution < 1.29 is 32.6 Å². The van der Waals surface area contributed by atoms with Crippen LogP contribution in [0, 0.1) is 6.92 Å². The van der Waals surface area contributed by atoms with Gasteiger partial charge in [-0.25, -0.2) is 22.8 Å². The molecule has 2 aromatic carbocycles. The van der Waals surface area contributed by atoms with Crippen molar-refractivity contribution in [1.82, 2.24) is 24.1 Å². The number of hydrogen-bond acceptors (Lipinski definition) is 9. The van der Waals surface area contributed by atoms with E-state index in [1.54, 1.807) is 19.1 Å². The standard InChI is InChI=1S/C25H20N6O7S/c1-14-20-21(17-12-15(6-7-18(17)27-14)39(36,37)29-8-10-38-11-9-29)23(33)31(22(20)32)25-26-13-30(28-25)19-5-3-2-4-16(19)24(34)35/h2-7,12-13H,8-11H2,1H3,(H,34,35). The van der Waals surface area contributed by atoms with E-state index in [0.717, 1.165) is 4.90 Å². The van der Waals surface area contributed by atoms with Gasteiger partial charge in [-0.05, 0) is 37.3 Å². The van der Waals surface area contributed by atoms with Crippen LogP contribution in [-0.2, 0) is 14.8 Å². The van der Waals surface area contributed by atoms with E-state index in [9.17, 15) is 27.9 Å². The summed E-state index contributed by atoms with van der Waals surface area (Å²) in [7, 11) is -3.88. The van der Waals surface area contributed by atoms with E-state index >= 15 is 0 Å². The number of sulfonamides is 1. The van der Waals surface area contributed by atoms with E-state index in [0.29, 0.717) is 5.52 Å². The lowest BCUT2D eigenvalue weighted by atomic mass is 10.0. The number of amides is 2. The van der Waals surface area contributed by atoms with Crippen molar-refractivity contribution in [1.29, 1.82) is 0 Å². The molecule has 2 aromatic heterocycles. The van der Waals surface area contributed by atoms with E-state index in [2.05, 4.69) is 15.1 Å². The zero-order chi connectivity index (χ0) is 27.5. The first-order chi connectivity index (χ1) is 18.7. The number of ether oxygens (including phenoxy) is 1. The van der Waals surface area contributed by atoms with Crippen molar-refractivity contribution >= 4 is 44.7 Å². The number of carbonyl (C=O) groups is 3. The highest BCUT2D eigenvalue weighted by Gasteiger charge is 2.42. The zero-order valence-electron chi connectivity index (χ0n) is 20.4. The summed E-state index contributed by atoms with van der Waals surface area (Å²) in [6, 6.07) is 10.4. The molecule has 2 amide bonds. The monoisotopic (exact) mass is 548 g/mol. The van der Waals surface area contributed by atoms with Gasteiger partial charge in [0.2, 0.25) is 10.0 Å². The van der Waals surface area contributed by atoms with E-state index in [1.807, 2.05) is 0 Å². The minimum Gasteiger partial charge on any atom is -0.478 e. The Morgan fingerprint density at radius 3 is 2.49 bits per heavy atom. The van der Waals surface area contributed by atoms with Crippen molar-refractivity contribution in [3.63, 3.8) is 0 Å². The van der Waals surface area contributed by atoms with Gasteiger partial charge in [0.05, 0.1) is 51.7 Å². The first-order valence-electron chi connectivity index (χ1n) is 11.8. The van der Waals surface area contributed by atoms with Crippen LogP contribution in [0.2, 0.25) is 0 Å². The average molecular weight is 549 g/mol. The number of rotatable bonds is 5. The lowest BCUT2D eigenvalue weighted by Gasteiger charge is -2.26. The summed E-state index contributed by atoms with van der Waals surface area (Å²) in [5, 5.41) is 13.9. The van der Waals surface area contributed by atoms with Crippen LogP contribution in [0.3, 0.4) is 0 Å². The zero-order valence-corrected chi connectivity index (χ0v) is 21.3. The molecule has 2 aliphatic heterocycles. The molecule has 0 atom stereocenters. The molecule has 0 bridgehead atoms. The molecule has 0 spiro atoms. The number of carbonyl (C=O) groups excluding carboxylic acids is 2. The Kier molecular flexibility index (Phi) is 5.75. The molecule has 1 saturated heterocycles. The smallest absolute Gasteiger partial charge is 0.337 e. The number of nitrogens with zero attached hydrogens (tertiary/aromatic N) is 6. The number of pyridine rings is 1. The molecule has 0 radical (unpaired) electrons. The molecule has 4 aromatic rings. The maximum Gasteiger partial charge on any atom is 0.337 e. The Labute approximate surface area is 221 Å². The Balaban J connectivity index is 1.44. The second kappa shape index (κ2) is 9.04. The first kappa shape index (κ1) is 24.8. The number of aromatic carboxylic acids is 1. The average Bonchev–Trinajstić information content (AvgIpc) is 3.51. The molecule has 0 saturated carbocycles. The lowest BCUT2D eigenvalue weighted by Crippen LogP contribution is -2.40. The number of imide groups is 1. The Morgan fingerprint density at radius 1 is 1.03 bits per heavy atom. The van der Waals surface area contributed by atoms with Gasteiger partial charge in [0.15, 0.2) is 0 Å². The number of anilines is 1. The molecule has 4 heterocycles. The molecule has 14 heteroatoms. The van der Waals surface area contributed by atoms with Crippen molar-refractivity contribution in [2.24, 2.45) is 0 Å². The number of fused-ring (bicyclic) bond motifs is 3. The number of para-hydroxylation sites is 1. The molecule has 13 nitrogen and oxygen atoms in total. The second-order valence-electron chi connectivity index (χ2n) is 8.90. The molecule has 2 aliphatic rings. The predicted octanol–water partition coefficient (Wildman–Crippen LogP) is 1.64. The van der Waals surface area contributed by atoms with Gasteiger partial charge in [-0.2, -0.15) is 9.29 Å². The van der Waals surface area contributed by atoms with Gasteiger partial charge in [0.25, 0.3) is 17.8 Å². The molecular formula is C25H20N6O7S. The first-order valence-corrected chi connectivity index (χ1v) is 13.3. The third-order valence-electron chi connectivity index (χ3n) is 6.64. The normalized spacial score (nSPS) is 16.2. The van der Waals surface area contributed by atoms with E-state index in [4.69, 9.17) is 4.74 Å². The summed E-state index contributed by atoms with van der Waals surface area (Å²) >= 11 is 0. The molecule has 39 heavy (non-hydrogen) atoms. The Morgan fingerprint density at radius 2 is 1.74 bits per heavy atom. The van der Waals surface area contributed by atoms with E-state index in [-0.39, 0.29) is 70.6 Å². The van der Waals surface area contributed by atoms with Crippen LogP contribution in [-0.4, -0.2) is 81.7 Å². The highest BCUT2D eigenvalue weighted by molar-refractivity contribution is 7.89. The van der Waals surface area contributed by atoms with Gasteiger partial charge >= 0.3 is 5.97 Å². The summed E-state index contributed by atoms with van der Waals surface area (Å²) in [6.45, 7) is 2.55. The van der Waals surface area contributed by atoms with Crippen LogP contribution in [0.15, 0.2) is 53.7 Å². The third-order valence-corrected chi connectivity index (χ3v) is 8.53. The highest BCUT2D eigenvalue weighted by atomic mass is 32.2. The van der Waals surface area contributed by atoms with Gasteiger partial charge in [0.1, 0.15) is 6.33 Å². The molecule has 6 rings (SSSR count). The minimum absolute atomic E-state index is 0.00353. The number of carboxylic acid groups (broad SMARTS) is 1. The maximum atomic E-state index is 13.7. The number of carboxylic acids is 1. The summed E-state index contributed by atoms with van der Waals surface area (Å²) in [4.78, 5) is 48.1. The molecule has 0 unspecified atom stereocenters. The Bertz CT molecular complexity index is 1810. The summed E-state index contributed by atoms with van der Waals surface area (Å²) in [5.41, 5.74) is 0.819. The lowest BCUT2D eigenvalue weighted by molar-refractivity contribution is 0.0696. The van der Waals surface area contributed by atoms with Crippen molar-refractivity contribution in [3.8, 4) is 5.69 Å². The number of benzene rings is 2. The van der Waals surface area contributed by atoms with Gasteiger partial charge < -0.3 is 9.84 Å².